The normalized spacial score (nSPS) is 11.7. The number of hydrogen-bond acceptors (Lipinski definition) is 3. The average molecular weight is 463 g/mol. The Morgan fingerprint density at radius 3 is 2.39 bits per heavy atom. The lowest BCUT2D eigenvalue weighted by molar-refractivity contribution is -0.111. The van der Waals surface area contributed by atoms with Crippen LogP contribution in [0.3, 0.4) is 0 Å². The Bertz CT molecular complexity index is 902. The summed E-state index contributed by atoms with van der Waals surface area (Å²) in [4.78, 5) is 14.8. The van der Waals surface area contributed by atoms with Crippen LogP contribution in [0.4, 0.5) is 5.69 Å². The zero-order valence-corrected chi connectivity index (χ0v) is 20.4. The fourth-order valence-electron chi connectivity index (χ4n) is 3.59. The standard InChI is InChI=1S/C25H32Cl2N2O2/c1-17(2)29(18(3)4)14-6-7-20-16-21(10-12-24(20)31-5)28-25(30)13-9-19-8-11-22(26)23(27)15-19/h8-13,15-18H,6-7,14H2,1-5H3,(H,28,30). The van der Waals surface area contributed by atoms with E-state index in [0.717, 1.165) is 42.0 Å². The van der Waals surface area contributed by atoms with Crippen LogP contribution >= 0.6 is 23.2 Å². The van der Waals surface area contributed by atoms with E-state index < -0.39 is 0 Å². The highest BCUT2D eigenvalue weighted by atomic mass is 35.5. The molecule has 168 valence electrons. The summed E-state index contributed by atoms with van der Waals surface area (Å²) in [6.45, 7) is 9.91. The summed E-state index contributed by atoms with van der Waals surface area (Å²) in [5.74, 6) is 0.623. The molecule has 0 fully saturated rings. The van der Waals surface area contributed by atoms with Gasteiger partial charge in [0, 0.05) is 23.8 Å². The van der Waals surface area contributed by atoms with Crippen LogP contribution in [0, 0.1) is 0 Å². The van der Waals surface area contributed by atoms with Crippen molar-refractivity contribution in [1.82, 2.24) is 4.90 Å². The Morgan fingerprint density at radius 2 is 1.77 bits per heavy atom. The summed E-state index contributed by atoms with van der Waals surface area (Å²) in [7, 11) is 1.67. The summed E-state index contributed by atoms with van der Waals surface area (Å²) in [6, 6.07) is 12.0. The third kappa shape index (κ3) is 7.88. The molecule has 2 aromatic rings. The number of amides is 1. The fraction of sp³-hybridized carbons (Fsp3) is 0.400. The number of rotatable bonds is 10. The van der Waals surface area contributed by atoms with E-state index in [9.17, 15) is 4.79 Å². The first kappa shape index (κ1) is 25.3. The maximum Gasteiger partial charge on any atom is 0.248 e. The van der Waals surface area contributed by atoms with E-state index in [4.69, 9.17) is 27.9 Å². The first-order valence-electron chi connectivity index (χ1n) is 10.6. The van der Waals surface area contributed by atoms with Crippen molar-refractivity contribution in [2.75, 3.05) is 19.0 Å². The average Bonchev–Trinajstić information content (AvgIpc) is 2.71. The number of carbonyl (C=O) groups excluding carboxylic acids is 1. The maximum absolute atomic E-state index is 12.4. The molecule has 0 spiro atoms. The van der Waals surface area contributed by atoms with Crippen molar-refractivity contribution in [3.63, 3.8) is 0 Å². The molecule has 0 heterocycles. The van der Waals surface area contributed by atoms with E-state index in [1.807, 2.05) is 18.2 Å². The van der Waals surface area contributed by atoms with Gasteiger partial charge < -0.3 is 10.1 Å². The number of aryl methyl sites for hydroxylation is 1. The van der Waals surface area contributed by atoms with Crippen LogP contribution in [0.15, 0.2) is 42.5 Å². The molecular weight excluding hydrogens is 431 g/mol. The van der Waals surface area contributed by atoms with Gasteiger partial charge in [-0.3, -0.25) is 9.69 Å². The predicted molar refractivity (Wildman–Crippen MR) is 132 cm³/mol. The Balaban J connectivity index is 2.02. The lowest BCUT2D eigenvalue weighted by atomic mass is 10.1. The van der Waals surface area contributed by atoms with Gasteiger partial charge >= 0.3 is 0 Å². The molecule has 0 aromatic heterocycles. The van der Waals surface area contributed by atoms with Gasteiger partial charge in [0.2, 0.25) is 5.91 Å². The minimum Gasteiger partial charge on any atom is -0.496 e. The molecule has 1 amide bonds. The van der Waals surface area contributed by atoms with E-state index in [1.165, 1.54) is 6.08 Å². The molecule has 31 heavy (non-hydrogen) atoms. The third-order valence-electron chi connectivity index (χ3n) is 5.11. The number of hydrogen-bond donors (Lipinski definition) is 1. The zero-order valence-electron chi connectivity index (χ0n) is 18.9. The van der Waals surface area contributed by atoms with Crippen molar-refractivity contribution < 1.29 is 9.53 Å². The quantitative estimate of drug-likeness (QED) is 0.399. The minimum absolute atomic E-state index is 0.215. The Morgan fingerprint density at radius 1 is 1.06 bits per heavy atom. The molecule has 0 saturated heterocycles. The largest absolute Gasteiger partial charge is 0.496 e. The second-order valence-corrected chi connectivity index (χ2v) is 8.87. The maximum atomic E-state index is 12.4. The van der Waals surface area contributed by atoms with E-state index in [-0.39, 0.29) is 5.91 Å². The molecule has 0 bridgehead atoms. The van der Waals surface area contributed by atoms with Crippen molar-refractivity contribution in [3.8, 4) is 5.75 Å². The molecule has 0 aliphatic heterocycles. The van der Waals surface area contributed by atoms with Gasteiger partial charge in [-0.25, -0.2) is 0 Å². The number of benzene rings is 2. The lowest BCUT2D eigenvalue weighted by Gasteiger charge is -2.30. The first-order chi connectivity index (χ1) is 14.7. The molecule has 2 rings (SSSR count). The molecule has 1 N–H and O–H groups in total. The van der Waals surface area contributed by atoms with E-state index in [1.54, 1.807) is 31.4 Å². The number of halogens is 2. The topological polar surface area (TPSA) is 41.6 Å². The predicted octanol–water partition coefficient (Wildman–Crippen LogP) is 6.71. The van der Waals surface area contributed by atoms with Crippen molar-refractivity contribution in [2.45, 2.75) is 52.6 Å². The number of ether oxygens (including phenoxy) is 1. The zero-order chi connectivity index (χ0) is 23.0. The van der Waals surface area contributed by atoms with Crippen LogP contribution in [-0.2, 0) is 11.2 Å². The molecule has 0 atom stereocenters. The van der Waals surface area contributed by atoms with Gasteiger partial charge in [-0.05, 0) is 94.6 Å². The first-order valence-corrected chi connectivity index (χ1v) is 11.3. The van der Waals surface area contributed by atoms with Crippen LogP contribution in [0.2, 0.25) is 10.0 Å². The van der Waals surface area contributed by atoms with Crippen molar-refractivity contribution in [1.29, 1.82) is 0 Å². The molecule has 0 aliphatic rings. The molecule has 0 radical (unpaired) electrons. The van der Waals surface area contributed by atoms with E-state index in [0.29, 0.717) is 22.1 Å². The number of methoxy groups -OCH3 is 1. The molecule has 4 nitrogen and oxygen atoms in total. The fourth-order valence-corrected chi connectivity index (χ4v) is 3.89. The van der Waals surface area contributed by atoms with Gasteiger partial charge in [0.1, 0.15) is 5.75 Å². The Kier molecular flexibility index (Phi) is 9.89. The highest BCUT2D eigenvalue weighted by Gasteiger charge is 2.13. The lowest BCUT2D eigenvalue weighted by Crippen LogP contribution is -2.37. The molecule has 0 saturated carbocycles. The number of nitrogens with zero attached hydrogens (tertiary/aromatic N) is 1. The number of carbonyl (C=O) groups is 1. The van der Waals surface area contributed by atoms with Crippen LogP contribution in [-0.4, -0.2) is 36.5 Å². The summed E-state index contributed by atoms with van der Waals surface area (Å²) in [6.07, 6.45) is 5.07. The molecule has 2 aromatic carbocycles. The number of nitrogens with one attached hydrogen (secondary N) is 1. The van der Waals surface area contributed by atoms with Gasteiger partial charge in [-0.15, -0.1) is 0 Å². The Labute approximate surface area is 196 Å². The third-order valence-corrected chi connectivity index (χ3v) is 5.85. The SMILES string of the molecule is COc1ccc(NC(=O)C=Cc2ccc(Cl)c(Cl)c2)cc1CCCN(C(C)C)C(C)C. The van der Waals surface area contributed by atoms with E-state index >= 15 is 0 Å². The highest BCUT2D eigenvalue weighted by molar-refractivity contribution is 6.42. The second-order valence-electron chi connectivity index (χ2n) is 8.05. The van der Waals surface area contributed by atoms with Crippen LogP contribution in [0.5, 0.6) is 5.75 Å². The summed E-state index contributed by atoms with van der Waals surface area (Å²) in [5.41, 5.74) is 2.63. The van der Waals surface area contributed by atoms with Crippen LogP contribution in [0.25, 0.3) is 6.08 Å². The summed E-state index contributed by atoms with van der Waals surface area (Å²) in [5, 5.41) is 3.86. The van der Waals surface area contributed by atoms with E-state index in [2.05, 4.69) is 37.9 Å². The van der Waals surface area contributed by atoms with Crippen molar-refractivity contribution in [2.24, 2.45) is 0 Å². The van der Waals surface area contributed by atoms with Gasteiger partial charge in [0.05, 0.1) is 17.2 Å². The molecular formula is C25H32Cl2N2O2. The summed E-state index contributed by atoms with van der Waals surface area (Å²) < 4.78 is 5.52. The smallest absolute Gasteiger partial charge is 0.248 e. The van der Waals surface area contributed by atoms with Gasteiger partial charge in [-0.1, -0.05) is 29.3 Å². The van der Waals surface area contributed by atoms with Gasteiger partial charge in [0.25, 0.3) is 0 Å². The highest BCUT2D eigenvalue weighted by Crippen LogP contribution is 2.25. The van der Waals surface area contributed by atoms with Crippen LogP contribution in [0.1, 0.15) is 45.2 Å². The second kappa shape index (κ2) is 12.1. The Hall–Kier alpha value is -2.01. The van der Waals surface area contributed by atoms with Crippen LogP contribution < -0.4 is 10.1 Å². The molecule has 6 heteroatoms. The van der Waals surface area contributed by atoms with Crippen molar-refractivity contribution >= 4 is 40.9 Å². The summed E-state index contributed by atoms with van der Waals surface area (Å²) >= 11 is 11.9. The minimum atomic E-state index is -0.215. The van der Waals surface area contributed by atoms with Crippen molar-refractivity contribution in [3.05, 3.63) is 63.6 Å². The number of anilines is 1. The molecule has 0 unspecified atom stereocenters. The van der Waals surface area contributed by atoms with Gasteiger partial charge in [0.15, 0.2) is 0 Å². The van der Waals surface area contributed by atoms with Gasteiger partial charge in [-0.2, -0.15) is 0 Å². The monoisotopic (exact) mass is 462 g/mol. The molecule has 0 aliphatic carbocycles.